The lowest BCUT2D eigenvalue weighted by Crippen LogP contribution is -2.48. The van der Waals surface area contributed by atoms with Gasteiger partial charge in [0, 0.05) is 26.1 Å². The summed E-state index contributed by atoms with van der Waals surface area (Å²) in [6, 6.07) is 6.62. The van der Waals surface area contributed by atoms with Crippen LogP contribution in [-0.2, 0) is 9.59 Å². The second-order valence-corrected chi connectivity index (χ2v) is 6.82. The molecule has 1 atom stereocenters. The highest BCUT2D eigenvalue weighted by Gasteiger charge is 2.30. The van der Waals surface area contributed by atoms with Crippen molar-refractivity contribution >= 4 is 29.2 Å². The molecule has 0 saturated heterocycles. The SMILES string of the molecule is CC(C)CNC(=O)N(C)CC(=O)N1c2ccccc2NC(=O)CC1C. The highest BCUT2D eigenvalue weighted by atomic mass is 16.2. The van der Waals surface area contributed by atoms with E-state index in [0.29, 0.717) is 23.8 Å². The second kappa shape index (κ2) is 8.00. The molecule has 4 amide bonds. The Morgan fingerprint density at radius 2 is 2.04 bits per heavy atom. The number of rotatable bonds is 4. The number of hydrogen-bond donors (Lipinski definition) is 2. The third kappa shape index (κ3) is 4.71. The van der Waals surface area contributed by atoms with Crippen molar-refractivity contribution in [2.45, 2.75) is 33.2 Å². The van der Waals surface area contributed by atoms with Crippen molar-refractivity contribution in [1.29, 1.82) is 0 Å². The van der Waals surface area contributed by atoms with Crippen LogP contribution in [-0.4, -0.2) is 48.9 Å². The number of likely N-dealkylation sites (N-methyl/N-ethyl adjacent to an activating group) is 1. The largest absolute Gasteiger partial charge is 0.338 e. The summed E-state index contributed by atoms with van der Waals surface area (Å²) in [4.78, 5) is 39.9. The first-order valence-corrected chi connectivity index (χ1v) is 8.49. The Balaban J connectivity index is 2.14. The Morgan fingerprint density at radius 1 is 1.36 bits per heavy atom. The van der Waals surface area contributed by atoms with Gasteiger partial charge in [-0.1, -0.05) is 26.0 Å². The fraction of sp³-hybridized carbons (Fsp3) is 0.500. The van der Waals surface area contributed by atoms with E-state index < -0.39 is 0 Å². The molecule has 0 aromatic heterocycles. The second-order valence-electron chi connectivity index (χ2n) is 6.82. The van der Waals surface area contributed by atoms with E-state index in [9.17, 15) is 14.4 Å². The minimum absolute atomic E-state index is 0.0587. The maximum Gasteiger partial charge on any atom is 0.317 e. The van der Waals surface area contributed by atoms with Gasteiger partial charge in [-0.15, -0.1) is 0 Å². The van der Waals surface area contributed by atoms with Crippen molar-refractivity contribution in [3.05, 3.63) is 24.3 Å². The third-order valence-electron chi connectivity index (χ3n) is 4.01. The number of urea groups is 1. The molecule has 7 nitrogen and oxygen atoms in total. The van der Waals surface area contributed by atoms with E-state index in [1.165, 1.54) is 4.90 Å². The number of benzene rings is 1. The van der Waals surface area contributed by atoms with Crippen molar-refractivity contribution in [2.24, 2.45) is 5.92 Å². The molecule has 136 valence electrons. The van der Waals surface area contributed by atoms with Gasteiger partial charge in [0.2, 0.25) is 11.8 Å². The first-order valence-electron chi connectivity index (χ1n) is 8.49. The van der Waals surface area contributed by atoms with Gasteiger partial charge >= 0.3 is 6.03 Å². The van der Waals surface area contributed by atoms with Crippen LogP contribution in [0.4, 0.5) is 16.2 Å². The van der Waals surface area contributed by atoms with Gasteiger partial charge < -0.3 is 20.4 Å². The normalized spacial score (nSPS) is 16.8. The zero-order valence-corrected chi connectivity index (χ0v) is 15.2. The quantitative estimate of drug-likeness (QED) is 0.875. The van der Waals surface area contributed by atoms with Gasteiger partial charge in [-0.05, 0) is 25.0 Å². The molecule has 1 aromatic rings. The summed E-state index contributed by atoms with van der Waals surface area (Å²) in [7, 11) is 1.59. The molecular formula is C18H26N4O3. The number of hydrogen-bond acceptors (Lipinski definition) is 3. The molecule has 1 unspecified atom stereocenters. The van der Waals surface area contributed by atoms with Gasteiger partial charge in [0.1, 0.15) is 6.54 Å². The van der Waals surface area contributed by atoms with Gasteiger partial charge in [0.15, 0.2) is 0 Å². The number of carbonyl (C=O) groups excluding carboxylic acids is 3. The number of nitrogens with one attached hydrogen (secondary N) is 2. The maximum absolute atomic E-state index is 12.8. The lowest BCUT2D eigenvalue weighted by atomic mass is 10.1. The van der Waals surface area contributed by atoms with Crippen molar-refractivity contribution in [3.63, 3.8) is 0 Å². The van der Waals surface area contributed by atoms with Crippen LogP contribution in [0.1, 0.15) is 27.2 Å². The number of carbonyl (C=O) groups is 3. The fourth-order valence-electron chi connectivity index (χ4n) is 2.75. The number of fused-ring (bicyclic) bond motifs is 1. The van der Waals surface area contributed by atoms with E-state index in [-0.39, 0.29) is 36.9 Å². The summed E-state index contributed by atoms with van der Waals surface area (Å²) < 4.78 is 0. The van der Waals surface area contributed by atoms with Crippen LogP contribution < -0.4 is 15.5 Å². The minimum atomic E-state index is -0.289. The summed E-state index contributed by atoms with van der Waals surface area (Å²) in [5, 5.41) is 5.61. The minimum Gasteiger partial charge on any atom is -0.338 e. The Kier molecular flexibility index (Phi) is 6.01. The van der Waals surface area contributed by atoms with Crippen molar-refractivity contribution in [2.75, 3.05) is 30.4 Å². The van der Waals surface area contributed by atoms with Crippen LogP contribution in [0.15, 0.2) is 24.3 Å². The van der Waals surface area contributed by atoms with E-state index in [1.807, 2.05) is 32.9 Å². The van der Waals surface area contributed by atoms with Crippen LogP contribution in [0.25, 0.3) is 0 Å². The van der Waals surface area contributed by atoms with Gasteiger partial charge in [-0.25, -0.2) is 4.79 Å². The Labute approximate surface area is 148 Å². The van der Waals surface area contributed by atoms with Crippen LogP contribution in [0.5, 0.6) is 0 Å². The van der Waals surface area contributed by atoms with E-state index in [2.05, 4.69) is 10.6 Å². The van der Waals surface area contributed by atoms with Gasteiger partial charge in [0.05, 0.1) is 11.4 Å². The summed E-state index contributed by atoms with van der Waals surface area (Å²) in [5.41, 5.74) is 1.26. The molecule has 7 heteroatoms. The fourth-order valence-corrected chi connectivity index (χ4v) is 2.75. The first kappa shape index (κ1) is 18.8. The molecule has 2 rings (SSSR count). The standard InChI is InChI=1S/C18H26N4O3/c1-12(2)10-19-18(25)21(4)11-17(24)22-13(3)9-16(23)20-14-7-5-6-8-15(14)22/h5-8,12-13H,9-11H2,1-4H3,(H,19,25)(H,20,23). The van der Waals surface area contributed by atoms with E-state index in [0.717, 1.165) is 0 Å². The monoisotopic (exact) mass is 346 g/mol. The van der Waals surface area contributed by atoms with E-state index in [1.54, 1.807) is 24.1 Å². The average Bonchev–Trinajstić information content (AvgIpc) is 2.66. The van der Waals surface area contributed by atoms with Crippen LogP contribution in [0.2, 0.25) is 0 Å². The predicted molar refractivity (Wildman–Crippen MR) is 97.5 cm³/mol. The molecule has 1 aliphatic rings. The zero-order valence-electron chi connectivity index (χ0n) is 15.2. The Morgan fingerprint density at radius 3 is 2.72 bits per heavy atom. The molecule has 0 fully saturated rings. The van der Waals surface area contributed by atoms with Gasteiger partial charge in [0.25, 0.3) is 0 Å². The lowest BCUT2D eigenvalue weighted by Gasteiger charge is -2.29. The first-order chi connectivity index (χ1) is 11.8. The summed E-state index contributed by atoms with van der Waals surface area (Å²) in [6.07, 6.45) is 0.212. The summed E-state index contributed by atoms with van der Waals surface area (Å²) >= 11 is 0. The molecule has 0 saturated carbocycles. The smallest absolute Gasteiger partial charge is 0.317 e. The highest BCUT2D eigenvalue weighted by Crippen LogP contribution is 2.31. The summed E-state index contributed by atoms with van der Waals surface area (Å²) in [5.74, 6) is -0.0143. The number of para-hydroxylation sites is 2. The van der Waals surface area contributed by atoms with Crippen molar-refractivity contribution in [1.82, 2.24) is 10.2 Å². The molecule has 0 spiro atoms. The van der Waals surface area contributed by atoms with Crippen molar-refractivity contribution < 1.29 is 14.4 Å². The molecule has 25 heavy (non-hydrogen) atoms. The number of nitrogens with zero attached hydrogens (tertiary/aromatic N) is 2. The van der Waals surface area contributed by atoms with E-state index in [4.69, 9.17) is 0 Å². The number of amides is 4. The molecular weight excluding hydrogens is 320 g/mol. The van der Waals surface area contributed by atoms with E-state index >= 15 is 0 Å². The highest BCUT2D eigenvalue weighted by molar-refractivity contribution is 6.05. The van der Waals surface area contributed by atoms with Crippen LogP contribution in [0.3, 0.4) is 0 Å². The molecule has 1 heterocycles. The van der Waals surface area contributed by atoms with Crippen LogP contribution >= 0.6 is 0 Å². The topological polar surface area (TPSA) is 81.8 Å². The molecule has 1 aromatic carbocycles. The number of anilines is 2. The molecule has 0 radical (unpaired) electrons. The van der Waals surface area contributed by atoms with Gasteiger partial charge in [-0.3, -0.25) is 9.59 Å². The molecule has 1 aliphatic heterocycles. The van der Waals surface area contributed by atoms with Gasteiger partial charge in [-0.2, -0.15) is 0 Å². The average molecular weight is 346 g/mol. The third-order valence-corrected chi connectivity index (χ3v) is 4.01. The van der Waals surface area contributed by atoms with Crippen molar-refractivity contribution in [3.8, 4) is 0 Å². The molecule has 0 aliphatic carbocycles. The maximum atomic E-state index is 12.8. The van der Waals surface area contributed by atoms with Crippen LogP contribution in [0, 0.1) is 5.92 Å². The predicted octanol–water partition coefficient (Wildman–Crippen LogP) is 2.05. The Bertz CT molecular complexity index is 659. The Hall–Kier alpha value is -2.57. The summed E-state index contributed by atoms with van der Waals surface area (Å²) in [6.45, 7) is 6.34. The molecule has 2 N–H and O–H groups in total. The zero-order chi connectivity index (χ0) is 18.6. The molecule has 0 bridgehead atoms. The lowest BCUT2D eigenvalue weighted by molar-refractivity contribution is -0.119.